The quantitative estimate of drug-likeness (QED) is 0.877. The number of carbonyl (C=O) groups excluding carboxylic acids is 1. The van der Waals surface area contributed by atoms with Gasteiger partial charge >= 0.3 is 6.03 Å². The van der Waals surface area contributed by atoms with Crippen LogP contribution in [-0.2, 0) is 6.54 Å². The van der Waals surface area contributed by atoms with Crippen LogP contribution in [0.4, 0.5) is 10.5 Å². The molecule has 1 aliphatic heterocycles. The zero-order valence-electron chi connectivity index (χ0n) is 14.5. The van der Waals surface area contributed by atoms with Crippen LogP contribution < -0.4 is 10.2 Å². The van der Waals surface area contributed by atoms with Crippen molar-refractivity contribution in [2.75, 3.05) is 31.6 Å². The maximum atomic E-state index is 12.3. The SMILES string of the molecule is CN(Cc1cccc(Cl)c1)C(=O)NCC1CCN(c2ccccc2)C1. The van der Waals surface area contributed by atoms with E-state index in [1.807, 2.05) is 30.3 Å². The minimum atomic E-state index is -0.0434. The van der Waals surface area contributed by atoms with Gasteiger partial charge in [0, 0.05) is 43.9 Å². The zero-order valence-corrected chi connectivity index (χ0v) is 15.2. The third-order valence-corrected chi connectivity index (χ3v) is 4.84. The molecular weight excluding hydrogens is 334 g/mol. The number of halogens is 1. The first-order chi connectivity index (χ1) is 12.1. The van der Waals surface area contributed by atoms with E-state index in [9.17, 15) is 4.79 Å². The molecule has 3 rings (SSSR count). The Balaban J connectivity index is 1.44. The lowest BCUT2D eigenvalue weighted by Crippen LogP contribution is -2.39. The molecule has 1 fully saturated rings. The number of hydrogen-bond donors (Lipinski definition) is 1. The third-order valence-electron chi connectivity index (χ3n) is 4.60. The predicted molar refractivity (Wildman–Crippen MR) is 103 cm³/mol. The maximum absolute atomic E-state index is 12.3. The van der Waals surface area contributed by atoms with Crippen molar-refractivity contribution in [3.05, 3.63) is 65.2 Å². The Kier molecular flexibility index (Phi) is 5.82. The number of para-hydroxylation sites is 1. The molecule has 1 aliphatic rings. The molecule has 132 valence electrons. The van der Waals surface area contributed by atoms with Crippen molar-refractivity contribution in [3.63, 3.8) is 0 Å². The Bertz CT molecular complexity index is 707. The van der Waals surface area contributed by atoms with Crippen molar-refractivity contribution in [1.29, 1.82) is 0 Å². The molecule has 0 aliphatic carbocycles. The summed E-state index contributed by atoms with van der Waals surface area (Å²) in [5, 5.41) is 3.75. The van der Waals surface area contributed by atoms with E-state index < -0.39 is 0 Å². The van der Waals surface area contributed by atoms with Crippen LogP contribution in [0.3, 0.4) is 0 Å². The number of nitrogens with one attached hydrogen (secondary N) is 1. The molecule has 0 bridgehead atoms. The van der Waals surface area contributed by atoms with Crippen molar-refractivity contribution in [3.8, 4) is 0 Å². The molecule has 1 saturated heterocycles. The Morgan fingerprint density at radius 1 is 1.24 bits per heavy atom. The van der Waals surface area contributed by atoms with Gasteiger partial charge in [0.25, 0.3) is 0 Å². The minimum Gasteiger partial charge on any atom is -0.371 e. The molecular formula is C20H24ClN3O. The highest BCUT2D eigenvalue weighted by atomic mass is 35.5. The van der Waals surface area contributed by atoms with Gasteiger partial charge in [0.15, 0.2) is 0 Å². The summed E-state index contributed by atoms with van der Waals surface area (Å²) in [4.78, 5) is 16.4. The van der Waals surface area contributed by atoms with E-state index in [1.165, 1.54) is 5.69 Å². The standard InChI is InChI=1S/C20H24ClN3O/c1-23(14-16-6-5-7-18(21)12-16)20(25)22-13-17-10-11-24(15-17)19-8-3-2-4-9-19/h2-9,12,17H,10-11,13-15H2,1H3,(H,22,25). The largest absolute Gasteiger partial charge is 0.371 e. The van der Waals surface area contributed by atoms with E-state index in [0.717, 1.165) is 25.1 Å². The second-order valence-corrected chi connectivity index (χ2v) is 7.04. The fraction of sp³-hybridized carbons (Fsp3) is 0.350. The molecule has 1 atom stereocenters. The monoisotopic (exact) mass is 357 g/mol. The molecule has 5 heteroatoms. The molecule has 1 heterocycles. The maximum Gasteiger partial charge on any atom is 0.317 e. The summed E-state index contributed by atoms with van der Waals surface area (Å²) in [6.45, 7) is 3.29. The van der Waals surface area contributed by atoms with E-state index in [0.29, 0.717) is 24.0 Å². The lowest BCUT2D eigenvalue weighted by atomic mass is 10.1. The molecule has 0 spiro atoms. The first-order valence-electron chi connectivity index (χ1n) is 8.65. The lowest BCUT2D eigenvalue weighted by Gasteiger charge is -2.21. The molecule has 1 N–H and O–H groups in total. The van der Waals surface area contributed by atoms with E-state index in [1.54, 1.807) is 11.9 Å². The predicted octanol–water partition coefficient (Wildman–Crippen LogP) is 4.01. The number of rotatable bonds is 5. The third kappa shape index (κ3) is 4.89. The van der Waals surface area contributed by atoms with Gasteiger partial charge in [0.2, 0.25) is 0 Å². The highest BCUT2D eigenvalue weighted by Crippen LogP contribution is 2.23. The average molecular weight is 358 g/mol. The molecule has 0 radical (unpaired) electrons. The summed E-state index contributed by atoms with van der Waals surface area (Å²) in [5.74, 6) is 0.490. The fourth-order valence-corrected chi connectivity index (χ4v) is 3.43. The van der Waals surface area contributed by atoms with Crippen LogP contribution in [0.1, 0.15) is 12.0 Å². The number of nitrogens with zero attached hydrogens (tertiary/aromatic N) is 2. The van der Waals surface area contributed by atoms with Gasteiger partial charge in [-0.05, 0) is 42.2 Å². The highest BCUT2D eigenvalue weighted by molar-refractivity contribution is 6.30. The van der Waals surface area contributed by atoms with Crippen LogP contribution in [0.2, 0.25) is 5.02 Å². The van der Waals surface area contributed by atoms with Crippen LogP contribution in [0, 0.1) is 5.92 Å². The van der Waals surface area contributed by atoms with Gasteiger partial charge < -0.3 is 15.1 Å². The molecule has 0 aromatic heterocycles. The highest BCUT2D eigenvalue weighted by Gasteiger charge is 2.23. The van der Waals surface area contributed by atoms with E-state index >= 15 is 0 Å². The van der Waals surface area contributed by atoms with Crippen LogP contribution in [-0.4, -0.2) is 37.6 Å². The Hall–Kier alpha value is -2.20. The first kappa shape index (κ1) is 17.6. The number of anilines is 1. The summed E-state index contributed by atoms with van der Waals surface area (Å²) >= 11 is 6.00. The number of urea groups is 1. The first-order valence-corrected chi connectivity index (χ1v) is 9.03. The van der Waals surface area contributed by atoms with Gasteiger partial charge in [-0.3, -0.25) is 0 Å². The topological polar surface area (TPSA) is 35.6 Å². The summed E-state index contributed by atoms with van der Waals surface area (Å²) in [6, 6.07) is 18.0. The number of hydrogen-bond acceptors (Lipinski definition) is 2. The fourth-order valence-electron chi connectivity index (χ4n) is 3.22. The van der Waals surface area contributed by atoms with E-state index in [-0.39, 0.29) is 6.03 Å². The number of amides is 2. The normalized spacial score (nSPS) is 16.7. The number of benzene rings is 2. The number of carbonyl (C=O) groups is 1. The Labute approximate surface area is 154 Å². The van der Waals surface area contributed by atoms with Crippen LogP contribution in [0.15, 0.2) is 54.6 Å². The van der Waals surface area contributed by atoms with Gasteiger partial charge in [-0.2, -0.15) is 0 Å². The van der Waals surface area contributed by atoms with Crippen LogP contribution >= 0.6 is 11.6 Å². The van der Waals surface area contributed by atoms with Gasteiger partial charge in [0.1, 0.15) is 0 Å². The summed E-state index contributed by atoms with van der Waals surface area (Å²) in [5.41, 5.74) is 2.29. The van der Waals surface area contributed by atoms with E-state index in [4.69, 9.17) is 11.6 Å². The van der Waals surface area contributed by atoms with Crippen molar-refractivity contribution in [2.45, 2.75) is 13.0 Å². The van der Waals surface area contributed by atoms with Crippen LogP contribution in [0.25, 0.3) is 0 Å². The van der Waals surface area contributed by atoms with Gasteiger partial charge in [0.05, 0.1) is 0 Å². The summed E-state index contributed by atoms with van der Waals surface area (Å²) in [6.07, 6.45) is 1.10. The summed E-state index contributed by atoms with van der Waals surface area (Å²) < 4.78 is 0. The Morgan fingerprint density at radius 2 is 2.04 bits per heavy atom. The van der Waals surface area contributed by atoms with Gasteiger partial charge in [-0.25, -0.2) is 4.79 Å². The van der Waals surface area contributed by atoms with Crippen molar-refractivity contribution < 1.29 is 4.79 Å². The van der Waals surface area contributed by atoms with Gasteiger partial charge in [-0.15, -0.1) is 0 Å². The smallest absolute Gasteiger partial charge is 0.317 e. The zero-order chi connectivity index (χ0) is 17.6. The molecule has 2 aromatic rings. The van der Waals surface area contributed by atoms with E-state index in [2.05, 4.69) is 34.5 Å². The molecule has 25 heavy (non-hydrogen) atoms. The average Bonchev–Trinajstić information content (AvgIpc) is 3.09. The molecule has 2 amide bonds. The second kappa shape index (κ2) is 8.26. The summed E-state index contributed by atoms with van der Waals surface area (Å²) in [7, 11) is 1.81. The second-order valence-electron chi connectivity index (χ2n) is 6.61. The van der Waals surface area contributed by atoms with Gasteiger partial charge in [-0.1, -0.05) is 41.9 Å². The minimum absolute atomic E-state index is 0.0434. The molecule has 4 nitrogen and oxygen atoms in total. The molecule has 1 unspecified atom stereocenters. The Morgan fingerprint density at radius 3 is 2.80 bits per heavy atom. The lowest BCUT2D eigenvalue weighted by molar-refractivity contribution is 0.205. The van der Waals surface area contributed by atoms with Crippen molar-refractivity contribution in [2.24, 2.45) is 5.92 Å². The molecule has 0 saturated carbocycles. The van der Waals surface area contributed by atoms with Crippen LogP contribution in [0.5, 0.6) is 0 Å². The van der Waals surface area contributed by atoms with Crippen molar-refractivity contribution >= 4 is 23.3 Å². The molecule has 2 aromatic carbocycles. The van der Waals surface area contributed by atoms with Crippen molar-refractivity contribution in [1.82, 2.24) is 10.2 Å².